The first-order valence-electron chi connectivity index (χ1n) is 3.68. The number of rotatable bonds is 0. The smallest absolute Gasteiger partial charge is 0.143 e. The van der Waals surface area contributed by atoms with Crippen LogP contribution in [0.15, 0.2) is 18.3 Å². The number of ketones is 1. The molecule has 1 aromatic heterocycles. The molecule has 1 heterocycles. The number of Topliss-reactive ketones (excluding diaryl/α,β-unsaturated/α-hetero) is 1. The van der Waals surface area contributed by atoms with E-state index >= 15 is 0 Å². The second-order valence-corrected chi connectivity index (χ2v) is 2.66. The molecule has 1 aliphatic carbocycles. The van der Waals surface area contributed by atoms with Crippen LogP contribution < -0.4 is 0 Å². The van der Waals surface area contributed by atoms with Crippen molar-refractivity contribution in [1.82, 2.24) is 4.98 Å². The van der Waals surface area contributed by atoms with Gasteiger partial charge in [-0.2, -0.15) is 0 Å². The van der Waals surface area contributed by atoms with Gasteiger partial charge in [-0.05, 0) is 18.1 Å². The van der Waals surface area contributed by atoms with Crippen LogP contribution in [0.1, 0.15) is 17.7 Å². The lowest BCUT2D eigenvalue weighted by molar-refractivity contribution is -0.115. The Kier molecular flexibility index (Phi) is 1.46. The van der Waals surface area contributed by atoms with Crippen molar-refractivity contribution in [2.24, 2.45) is 0 Å². The van der Waals surface area contributed by atoms with Crippen LogP contribution >= 0.6 is 0 Å². The summed E-state index contributed by atoms with van der Waals surface area (Å²) >= 11 is 0. The van der Waals surface area contributed by atoms with Crippen LogP contribution in [0.5, 0.6) is 0 Å². The average Bonchev–Trinajstić information content (AvgIpc) is 2.04. The van der Waals surface area contributed by atoms with E-state index in [-0.39, 0.29) is 5.78 Å². The van der Waals surface area contributed by atoms with Crippen molar-refractivity contribution < 1.29 is 4.79 Å². The summed E-state index contributed by atoms with van der Waals surface area (Å²) < 4.78 is 0. The summed E-state index contributed by atoms with van der Waals surface area (Å²) in [5, 5.41) is 0. The number of carbonyl (C=O) groups is 1. The predicted molar refractivity (Wildman–Crippen MR) is 41.0 cm³/mol. The predicted octanol–water partition coefficient (Wildman–Crippen LogP) is 1.15. The first-order valence-corrected chi connectivity index (χ1v) is 3.68. The number of aromatic nitrogens is 1. The number of carbonyl (C=O) groups excluding carboxylic acids is 1. The molecular formula is C9H8NO. The molecule has 55 valence electrons. The highest BCUT2D eigenvalue weighted by Gasteiger charge is 2.15. The van der Waals surface area contributed by atoms with Crippen LogP contribution in [-0.2, 0) is 11.2 Å². The molecule has 0 unspecified atom stereocenters. The Balaban J connectivity index is 2.41. The summed E-state index contributed by atoms with van der Waals surface area (Å²) in [4.78, 5) is 15.0. The molecule has 0 amide bonds. The summed E-state index contributed by atoms with van der Waals surface area (Å²) in [5.74, 6) is 0.191. The van der Waals surface area contributed by atoms with E-state index in [0.29, 0.717) is 6.42 Å². The maximum Gasteiger partial charge on any atom is 0.143 e. The van der Waals surface area contributed by atoms with Gasteiger partial charge in [-0.3, -0.25) is 9.78 Å². The van der Waals surface area contributed by atoms with Gasteiger partial charge in [0.05, 0.1) is 12.1 Å². The third kappa shape index (κ3) is 1.16. The third-order valence-electron chi connectivity index (χ3n) is 1.86. The topological polar surface area (TPSA) is 30.0 Å². The third-order valence-corrected chi connectivity index (χ3v) is 1.86. The molecule has 1 aliphatic rings. The van der Waals surface area contributed by atoms with Crippen LogP contribution in [0.4, 0.5) is 0 Å². The Hall–Kier alpha value is -1.18. The highest BCUT2D eigenvalue weighted by Crippen LogP contribution is 2.17. The highest BCUT2D eigenvalue weighted by molar-refractivity contribution is 5.91. The Morgan fingerprint density at radius 3 is 3.18 bits per heavy atom. The number of fused-ring (bicyclic) bond motifs is 1. The molecule has 2 nitrogen and oxygen atoms in total. The van der Waals surface area contributed by atoms with Gasteiger partial charge in [0.25, 0.3) is 0 Å². The largest absolute Gasteiger partial charge is 0.299 e. The Labute approximate surface area is 65.3 Å². The Morgan fingerprint density at radius 1 is 1.36 bits per heavy atom. The molecule has 0 atom stereocenters. The van der Waals surface area contributed by atoms with Crippen molar-refractivity contribution >= 4 is 5.78 Å². The van der Waals surface area contributed by atoms with Gasteiger partial charge >= 0.3 is 0 Å². The number of pyridine rings is 1. The van der Waals surface area contributed by atoms with E-state index in [0.717, 1.165) is 12.1 Å². The minimum atomic E-state index is 0.191. The van der Waals surface area contributed by atoms with Crippen LogP contribution in [0.3, 0.4) is 0 Å². The molecule has 2 heteroatoms. The second-order valence-electron chi connectivity index (χ2n) is 2.66. The molecule has 0 aliphatic heterocycles. The average molecular weight is 146 g/mol. The zero-order valence-corrected chi connectivity index (χ0v) is 6.08. The van der Waals surface area contributed by atoms with Crippen LogP contribution in [0, 0.1) is 6.42 Å². The van der Waals surface area contributed by atoms with Crippen molar-refractivity contribution in [3.8, 4) is 0 Å². The maximum atomic E-state index is 10.9. The first kappa shape index (κ1) is 6.53. The van der Waals surface area contributed by atoms with E-state index in [1.807, 2.05) is 12.1 Å². The van der Waals surface area contributed by atoms with Crippen molar-refractivity contribution in [2.45, 2.75) is 12.8 Å². The zero-order valence-electron chi connectivity index (χ0n) is 6.08. The van der Waals surface area contributed by atoms with Gasteiger partial charge in [-0.25, -0.2) is 0 Å². The van der Waals surface area contributed by atoms with E-state index in [4.69, 9.17) is 0 Å². The summed E-state index contributed by atoms with van der Waals surface area (Å²) in [6.07, 6.45) is 4.82. The van der Waals surface area contributed by atoms with Crippen molar-refractivity contribution in [1.29, 1.82) is 0 Å². The lowest BCUT2D eigenvalue weighted by Gasteiger charge is -2.11. The molecule has 0 aromatic carbocycles. The molecular weight excluding hydrogens is 138 g/mol. The molecule has 0 N–H and O–H groups in total. The summed E-state index contributed by atoms with van der Waals surface area (Å²) in [7, 11) is 0. The number of hydrogen-bond acceptors (Lipinski definition) is 2. The molecule has 0 bridgehead atoms. The van der Waals surface area contributed by atoms with Gasteiger partial charge in [0.15, 0.2) is 0 Å². The van der Waals surface area contributed by atoms with E-state index in [1.165, 1.54) is 5.56 Å². The lowest BCUT2D eigenvalue weighted by Crippen LogP contribution is -2.12. The van der Waals surface area contributed by atoms with Crippen LogP contribution in [-0.4, -0.2) is 10.8 Å². The monoisotopic (exact) mass is 146 g/mol. The minimum absolute atomic E-state index is 0.191. The highest BCUT2D eigenvalue weighted by atomic mass is 16.1. The summed E-state index contributed by atoms with van der Waals surface area (Å²) in [6, 6.07) is 3.92. The van der Waals surface area contributed by atoms with Crippen LogP contribution in [0.25, 0.3) is 0 Å². The van der Waals surface area contributed by atoms with E-state index in [9.17, 15) is 4.79 Å². The molecule has 0 fully saturated rings. The molecule has 0 spiro atoms. The van der Waals surface area contributed by atoms with Gasteiger partial charge in [0.1, 0.15) is 5.78 Å². The fraction of sp³-hybridized carbons (Fsp3) is 0.222. The van der Waals surface area contributed by atoms with Crippen LogP contribution in [0.2, 0.25) is 0 Å². The second kappa shape index (κ2) is 2.46. The van der Waals surface area contributed by atoms with E-state index < -0.39 is 0 Å². The van der Waals surface area contributed by atoms with Gasteiger partial charge < -0.3 is 0 Å². The fourth-order valence-corrected chi connectivity index (χ4v) is 1.27. The maximum absolute atomic E-state index is 10.9. The van der Waals surface area contributed by atoms with Gasteiger partial charge in [0, 0.05) is 12.6 Å². The Bertz CT molecular complexity index is 293. The van der Waals surface area contributed by atoms with Gasteiger partial charge in [0.2, 0.25) is 0 Å². The molecule has 0 saturated heterocycles. The molecule has 1 radical (unpaired) electrons. The van der Waals surface area contributed by atoms with Crippen molar-refractivity contribution in [3.05, 3.63) is 36.0 Å². The lowest BCUT2D eigenvalue weighted by atomic mass is 9.95. The fourth-order valence-electron chi connectivity index (χ4n) is 1.27. The number of nitrogens with zero attached hydrogens (tertiary/aromatic N) is 1. The molecule has 0 saturated carbocycles. The van der Waals surface area contributed by atoms with Crippen molar-refractivity contribution in [3.63, 3.8) is 0 Å². The zero-order chi connectivity index (χ0) is 7.68. The molecule has 1 aromatic rings. The van der Waals surface area contributed by atoms with E-state index in [2.05, 4.69) is 4.98 Å². The SMILES string of the molecule is O=C1[CH]c2ncccc2CC1. The molecule has 2 rings (SSSR count). The summed E-state index contributed by atoms with van der Waals surface area (Å²) in [6.45, 7) is 0. The Morgan fingerprint density at radius 2 is 2.27 bits per heavy atom. The molecule has 11 heavy (non-hydrogen) atoms. The quantitative estimate of drug-likeness (QED) is 0.549. The summed E-state index contributed by atoms with van der Waals surface area (Å²) in [5.41, 5.74) is 2.04. The van der Waals surface area contributed by atoms with E-state index in [1.54, 1.807) is 12.6 Å². The number of aryl methyl sites for hydroxylation is 1. The first-order chi connectivity index (χ1) is 5.36. The number of hydrogen-bond donors (Lipinski definition) is 0. The standard InChI is InChI=1S/C9H8NO/c11-8-4-3-7-2-1-5-10-9(7)6-8/h1-2,5-6H,3-4H2. The minimum Gasteiger partial charge on any atom is -0.299 e. The van der Waals surface area contributed by atoms with Gasteiger partial charge in [-0.1, -0.05) is 6.07 Å². The van der Waals surface area contributed by atoms with Crippen molar-refractivity contribution in [2.75, 3.05) is 0 Å². The normalized spacial score (nSPS) is 16.2. The van der Waals surface area contributed by atoms with Gasteiger partial charge in [-0.15, -0.1) is 0 Å².